The first-order valence-corrected chi connectivity index (χ1v) is 7.47. The molecule has 0 unspecified atom stereocenters. The van der Waals surface area contributed by atoms with Gasteiger partial charge in [-0.25, -0.2) is 0 Å². The number of carbonyl (C=O) groups excluding carboxylic acids is 2. The molecule has 25 heavy (non-hydrogen) atoms. The average Bonchev–Trinajstić information content (AvgIpc) is 2.62. The van der Waals surface area contributed by atoms with Crippen LogP contribution in [0.25, 0.3) is 0 Å². The fourth-order valence-electron chi connectivity index (χ4n) is 2.09. The summed E-state index contributed by atoms with van der Waals surface area (Å²) in [6.45, 7) is 0.136. The largest absolute Gasteiger partial charge is 0.495 e. The summed E-state index contributed by atoms with van der Waals surface area (Å²) < 4.78 is 5.14. The number of nitro benzene ring substituents is 1. The zero-order valence-electron chi connectivity index (χ0n) is 13.5. The van der Waals surface area contributed by atoms with Crippen LogP contribution in [0.15, 0.2) is 48.5 Å². The Morgan fingerprint density at radius 1 is 1.12 bits per heavy atom. The molecular weight excluding hydrogens is 326 g/mol. The number of nitrogens with zero attached hydrogens (tertiary/aromatic N) is 1. The van der Waals surface area contributed by atoms with E-state index in [0.29, 0.717) is 11.4 Å². The van der Waals surface area contributed by atoms with Crippen molar-refractivity contribution >= 4 is 23.2 Å². The average molecular weight is 343 g/mol. The number of non-ortho nitro benzene ring substituents is 1. The lowest BCUT2D eigenvalue weighted by Gasteiger charge is -2.10. The number of hydrogen-bond acceptors (Lipinski definition) is 5. The lowest BCUT2D eigenvalue weighted by atomic mass is 10.2. The van der Waals surface area contributed by atoms with E-state index in [4.69, 9.17) is 4.74 Å². The minimum absolute atomic E-state index is 0.0801. The zero-order chi connectivity index (χ0) is 18.2. The summed E-state index contributed by atoms with van der Waals surface area (Å²) in [5.74, 6) is -0.126. The summed E-state index contributed by atoms with van der Waals surface area (Å²) in [4.78, 5) is 33.9. The molecule has 0 saturated heterocycles. The van der Waals surface area contributed by atoms with Crippen LogP contribution in [-0.4, -0.2) is 30.4 Å². The summed E-state index contributed by atoms with van der Waals surface area (Å²) in [6.07, 6.45) is 0.0801. The minimum Gasteiger partial charge on any atom is -0.495 e. The fourth-order valence-corrected chi connectivity index (χ4v) is 2.09. The highest BCUT2D eigenvalue weighted by atomic mass is 16.6. The molecule has 2 rings (SSSR count). The molecule has 2 aromatic rings. The maximum atomic E-state index is 11.9. The smallest absolute Gasteiger partial charge is 0.269 e. The number of nitro groups is 1. The number of anilines is 1. The van der Waals surface area contributed by atoms with Crippen molar-refractivity contribution < 1.29 is 19.2 Å². The van der Waals surface area contributed by atoms with Crippen molar-refractivity contribution in [1.29, 1.82) is 0 Å². The molecule has 0 aliphatic carbocycles. The molecule has 0 aromatic heterocycles. The number of rotatable bonds is 7. The third-order valence-corrected chi connectivity index (χ3v) is 3.36. The van der Waals surface area contributed by atoms with E-state index >= 15 is 0 Å². The number of nitrogens with one attached hydrogen (secondary N) is 2. The zero-order valence-corrected chi connectivity index (χ0v) is 13.5. The van der Waals surface area contributed by atoms with Gasteiger partial charge in [-0.05, 0) is 24.3 Å². The van der Waals surface area contributed by atoms with Gasteiger partial charge in [-0.3, -0.25) is 19.7 Å². The molecule has 0 aliphatic heterocycles. The third-order valence-electron chi connectivity index (χ3n) is 3.36. The predicted molar refractivity (Wildman–Crippen MR) is 91.7 cm³/mol. The van der Waals surface area contributed by atoms with E-state index in [0.717, 1.165) is 0 Å². The minimum atomic E-state index is -0.538. The van der Waals surface area contributed by atoms with Gasteiger partial charge in [0, 0.05) is 30.7 Å². The van der Waals surface area contributed by atoms with Crippen molar-refractivity contribution in [3.63, 3.8) is 0 Å². The lowest BCUT2D eigenvalue weighted by Crippen LogP contribution is -2.27. The quantitative estimate of drug-likeness (QED) is 0.592. The molecule has 2 aromatic carbocycles. The van der Waals surface area contributed by atoms with Gasteiger partial charge in [-0.1, -0.05) is 12.1 Å². The molecule has 8 heteroatoms. The monoisotopic (exact) mass is 343 g/mol. The highest BCUT2D eigenvalue weighted by Crippen LogP contribution is 2.22. The Kier molecular flexibility index (Phi) is 6.05. The van der Waals surface area contributed by atoms with Crippen LogP contribution in [0.3, 0.4) is 0 Å². The van der Waals surface area contributed by atoms with Crippen molar-refractivity contribution in [3.05, 3.63) is 64.2 Å². The number of hydrogen-bond donors (Lipinski definition) is 2. The number of para-hydroxylation sites is 2. The first-order valence-electron chi connectivity index (χ1n) is 7.47. The summed E-state index contributed by atoms with van der Waals surface area (Å²) in [6, 6.07) is 12.2. The van der Waals surface area contributed by atoms with Gasteiger partial charge in [0.05, 0.1) is 17.7 Å². The van der Waals surface area contributed by atoms with E-state index in [1.165, 1.54) is 31.4 Å². The van der Waals surface area contributed by atoms with Crippen molar-refractivity contribution in [2.24, 2.45) is 0 Å². The fraction of sp³-hybridized carbons (Fsp3) is 0.176. The Balaban J connectivity index is 1.82. The van der Waals surface area contributed by atoms with Gasteiger partial charge in [-0.15, -0.1) is 0 Å². The molecule has 8 nitrogen and oxygen atoms in total. The van der Waals surface area contributed by atoms with Gasteiger partial charge in [-0.2, -0.15) is 0 Å². The normalized spacial score (nSPS) is 9.96. The Hall–Kier alpha value is -3.42. The summed E-state index contributed by atoms with van der Waals surface area (Å²) in [5, 5.41) is 15.9. The second-order valence-electron chi connectivity index (χ2n) is 5.06. The van der Waals surface area contributed by atoms with E-state index < -0.39 is 10.8 Å². The summed E-state index contributed by atoms with van der Waals surface area (Å²) >= 11 is 0. The second kappa shape index (κ2) is 8.44. The molecule has 0 aliphatic rings. The first kappa shape index (κ1) is 17.9. The van der Waals surface area contributed by atoms with Crippen LogP contribution in [-0.2, 0) is 4.79 Å². The Bertz CT molecular complexity index is 774. The van der Waals surface area contributed by atoms with Gasteiger partial charge in [0.15, 0.2) is 0 Å². The van der Waals surface area contributed by atoms with E-state index in [9.17, 15) is 19.7 Å². The Morgan fingerprint density at radius 3 is 2.44 bits per heavy atom. The molecule has 0 spiro atoms. The summed E-state index contributed by atoms with van der Waals surface area (Å²) in [5.41, 5.74) is 0.750. The molecule has 2 N–H and O–H groups in total. The molecular formula is C17H17N3O5. The van der Waals surface area contributed by atoms with Gasteiger partial charge in [0.1, 0.15) is 5.75 Å². The van der Waals surface area contributed by atoms with E-state index in [-0.39, 0.29) is 30.1 Å². The Morgan fingerprint density at radius 2 is 1.80 bits per heavy atom. The molecule has 0 saturated carbocycles. The van der Waals surface area contributed by atoms with Crippen LogP contribution < -0.4 is 15.4 Å². The van der Waals surface area contributed by atoms with Gasteiger partial charge in [0.2, 0.25) is 5.91 Å². The van der Waals surface area contributed by atoms with Crippen LogP contribution in [0.4, 0.5) is 11.4 Å². The number of ether oxygens (including phenoxy) is 1. The van der Waals surface area contributed by atoms with Crippen molar-refractivity contribution in [3.8, 4) is 5.75 Å². The maximum Gasteiger partial charge on any atom is 0.269 e. The van der Waals surface area contributed by atoms with E-state index in [1.807, 2.05) is 0 Å². The van der Waals surface area contributed by atoms with Crippen LogP contribution in [0.1, 0.15) is 16.8 Å². The number of carbonyl (C=O) groups is 2. The molecule has 0 heterocycles. The van der Waals surface area contributed by atoms with E-state index in [2.05, 4.69) is 10.6 Å². The van der Waals surface area contributed by atoms with Crippen molar-refractivity contribution in [2.75, 3.05) is 19.0 Å². The molecule has 0 radical (unpaired) electrons. The molecule has 130 valence electrons. The summed E-state index contributed by atoms with van der Waals surface area (Å²) in [7, 11) is 1.51. The SMILES string of the molecule is COc1ccccc1NC(=O)CCNC(=O)c1ccc([N+](=O)[O-])cc1. The maximum absolute atomic E-state index is 11.9. The number of amides is 2. The third kappa shape index (κ3) is 5.03. The van der Waals surface area contributed by atoms with E-state index in [1.54, 1.807) is 24.3 Å². The van der Waals surface area contributed by atoms with Gasteiger partial charge in [0.25, 0.3) is 11.6 Å². The Labute approximate surface area is 144 Å². The number of methoxy groups -OCH3 is 1. The second-order valence-corrected chi connectivity index (χ2v) is 5.06. The van der Waals surface area contributed by atoms with Crippen molar-refractivity contribution in [2.45, 2.75) is 6.42 Å². The van der Waals surface area contributed by atoms with Gasteiger partial charge < -0.3 is 15.4 Å². The lowest BCUT2D eigenvalue weighted by molar-refractivity contribution is -0.384. The highest BCUT2D eigenvalue weighted by molar-refractivity contribution is 5.95. The van der Waals surface area contributed by atoms with Crippen LogP contribution in [0.2, 0.25) is 0 Å². The van der Waals surface area contributed by atoms with Crippen molar-refractivity contribution in [1.82, 2.24) is 5.32 Å². The molecule has 0 fully saturated rings. The number of benzene rings is 2. The van der Waals surface area contributed by atoms with Gasteiger partial charge >= 0.3 is 0 Å². The molecule has 2 amide bonds. The van der Waals surface area contributed by atoms with Crippen LogP contribution >= 0.6 is 0 Å². The topological polar surface area (TPSA) is 111 Å². The van der Waals surface area contributed by atoms with Crippen LogP contribution in [0, 0.1) is 10.1 Å². The predicted octanol–water partition coefficient (Wildman–Crippen LogP) is 2.36. The standard InChI is InChI=1S/C17H17N3O5/c1-25-15-5-3-2-4-14(15)19-16(21)10-11-18-17(22)12-6-8-13(9-7-12)20(23)24/h2-9H,10-11H2,1H3,(H,18,22)(H,19,21). The molecule has 0 atom stereocenters. The molecule has 0 bridgehead atoms. The van der Waals surface area contributed by atoms with Crippen LogP contribution in [0.5, 0.6) is 5.75 Å². The highest BCUT2D eigenvalue weighted by Gasteiger charge is 2.10. The first-order chi connectivity index (χ1) is 12.0.